The first kappa shape index (κ1) is 14.1. The number of rotatable bonds is 6. The molecule has 0 spiro atoms. The first-order valence-corrected chi connectivity index (χ1v) is 5.96. The van der Waals surface area contributed by atoms with E-state index in [1.165, 1.54) is 0 Å². The summed E-state index contributed by atoms with van der Waals surface area (Å²) in [5, 5.41) is 0.963. The van der Waals surface area contributed by atoms with Gasteiger partial charge in [-0.1, -0.05) is 23.2 Å². The van der Waals surface area contributed by atoms with Gasteiger partial charge in [-0.2, -0.15) is 0 Å². The first-order chi connectivity index (χ1) is 8.13. The van der Waals surface area contributed by atoms with Gasteiger partial charge in [-0.05, 0) is 25.0 Å². The van der Waals surface area contributed by atoms with Crippen molar-refractivity contribution in [1.29, 1.82) is 0 Å². The Morgan fingerprint density at radius 2 is 2.06 bits per heavy atom. The van der Waals surface area contributed by atoms with E-state index in [-0.39, 0.29) is 5.91 Å². The Hall–Kier alpha value is -0.970. The minimum absolute atomic E-state index is 0.167. The summed E-state index contributed by atoms with van der Waals surface area (Å²) in [5.74, 6) is 5.45. The molecule has 0 fully saturated rings. The fraction of sp³-hybridized carbons (Fsp3) is 0.364. The van der Waals surface area contributed by atoms with E-state index in [4.69, 9.17) is 33.8 Å². The summed E-state index contributed by atoms with van der Waals surface area (Å²) >= 11 is 11.6. The molecule has 0 heterocycles. The van der Waals surface area contributed by atoms with Gasteiger partial charge in [0.05, 0.1) is 16.7 Å². The van der Waals surface area contributed by atoms with Crippen molar-refractivity contribution in [3.63, 3.8) is 0 Å². The van der Waals surface area contributed by atoms with E-state index < -0.39 is 0 Å². The molecule has 1 amide bonds. The molecule has 1 rings (SSSR count). The molecule has 0 aliphatic heterocycles. The van der Waals surface area contributed by atoms with Gasteiger partial charge in [0, 0.05) is 12.5 Å². The summed E-state index contributed by atoms with van der Waals surface area (Å²) in [7, 11) is 0. The lowest BCUT2D eigenvalue weighted by Crippen LogP contribution is -2.29. The second-order valence-corrected chi connectivity index (χ2v) is 4.26. The predicted molar refractivity (Wildman–Crippen MR) is 68.1 cm³/mol. The Bertz CT molecular complexity index is 386. The average molecular weight is 277 g/mol. The maximum absolute atomic E-state index is 10.8. The normalized spacial score (nSPS) is 10.1. The largest absolute Gasteiger partial charge is 0.494 e. The van der Waals surface area contributed by atoms with Crippen LogP contribution < -0.4 is 16.0 Å². The molecule has 1 aromatic carbocycles. The standard InChI is InChI=1S/C11H14Cl2N2O2/c12-9-5-4-8(7-10(9)13)17-6-2-1-3-11(16)15-14/h4-5,7H,1-3,6,14H2,(H,15,16). The summed E-state index contributed by atoms with van der Waals surface area (Å²) in [6.07, 6.45) is 1.90. The van der Waals surface area contributed by atoms with E-state index in [0.29, 0.717) is 28.8 Å². The summed E-state index contributed by atoms with van der Waals surface area (Å²) in [6, 6.07) is 5.10. The van der Waals surface area contributed by atoms with Crippen molar-refractivity contribution < 1.29 is 9.53 Å². The Kier molecular flexibility index (Phi) is 6.11. The monoisotopic (exact) mass is 276 g/mol. The number of hydrazine groups is 1. The number of halogens is 2. The summed E-state index contributed by atoms with van der Waals surface area (Å²) in [6.45, 7) is 0.524. The molecule has 0 radical (unpaired) electrons. The highest BCUT2D eigenvalue weighted by Gasteiger charge is 2.01. The Balaban J connectivity index is 2.22. The Labute approximate surface area is 110 Å². The van der Waals surface area contributed by atoms with Crippen LogP contribution in [0.3, 0.4) is 0 Å². The number of unbranched alkanes of at least 4 members (excludes halogenated alkanes) is 1. The molecule has 0 atom stereocenters. The van der Waals surface area contributed by atoms with E-state index in [2.05, 4.69) is 5.43 Å². The molecule has 0 bridgehead atoms. The molecule has 0 saturated carbocycles. The van der Waals surface area contributed by atoms with Gasteiger partial charge in [-0.15, -0.1) is 0 Å². The molecule has 1 aromatic rings. The molecule has 94 valence electrons. The fourth-order valence-corrected chi connectivity index (χ4v) is 1.50. The predicted octanol–water partition coefficient (Wildman–Crippen LogP) is 2.53. The number of ether oxygens (including phenoxy) is 1. The number of nitrogens with two attached hydrogens (primary N) is 1. The molecular weight excluding hydrogens is 263 g/mol. The Morgan fingerprint density at radius 1 is 1.29 bits per heavy atom. The molecule has 3 N–H and O–H groups in total. The second kappa shape index (κ2) is 7.37. The Morgan fingerprint density at radius 3 is 2.71 bits per heavy atom. The zero-order valence-corrected chi connectivity index (χ0v) is 10.7. The van der Waals surface area contributed by atoms with E-state index in [9.17, 15) is 4.79 Å². The van der Waals surface area contributed by atoms with E-state index in [0.717, 1.165) is 12.8 Å². The molecule has 0 aliphatic rings. The summed E-state index contributed by atoms with van der Waals surface area (Å²) in [5.41, 5.74) is 2.08. The maximum atomic E-state index is 10.8. The summed E-state index contributed by atoms with van der Waals surface area (Å²) in [4.78, 5) is 10.8. The molecular formula is C11H14Cl2N2O2. The number of amides is 1. The van der Waals surface area contributed by atoms with E-state index in [1.807, 2.05) is 0 Å². The lowest BCUT2D eigenvalue weighted by molar-refractivity contribution is -0.121. The van der Waals surface area contributed by atoms with Crippen LogP contribution >= 0.6 is 23.2 Å². The van der Waals surface area contributed by atoms with Crippen molar-refractivity contribution in [2.24, 2.45) is 5.84 Å². The van der Waals surface area contributed by atoms with Gasteiger partial charge in [0.1, 0.15) is 5.75 Å². The van der Waals surface area contributed by atoms with Crippen LogP contribution in [0.15, 0.2) is 18.2 Å². The van der Waals surface area contributed by atoms with E-state index >= 15 is 0 Å². The third-order valence-electron chi connectivity index (χ3n) is 2.12. The topological polar surface area (TPSA) is 64.3 Å². The first-order valence-electron chi connectivity index (χ1n) is 5.21. The summed E-state index contributed by atoms with van der Waals surface area (Å²) < 4.78 is 5.45. The number of carbonyl (C=O) groups excluding carboxylic acids is 1. The van der Waals surface area contributed by atoms with Crippen LogP contribution in [0.5, 0.6) is 5.75 Å². The molecule has 0 aromatic heterocycles. The lowest BCUT2D eigenvalue weighted by Gasteiger charge is -2.06. The van der Waals surface area contributed by atoms with Crippen LogP contribution in [-0.2, 0) is 4.79 Å². The number of nitrogens with one attached hydrogen (secondary N) is 1. The van der Waals surface area contributed by atoms with Crippen molar-refractivity contribution in [2.75, 3.05) is 6.61 Å². The van der Waals surface area contributed by atoms with E-state index in [1.54, 1.807) is 18.2 Å². The smallest absolute Gasteiger partial charge is 0.233 e. The van der Waals surface area contributed by atoms with Crippen LogP contribution in [0.2, 0.25) is 10.0 Å². The number of carbonyl (C=O) groups is 1. The lowest BCUT2D eigenvalue weighted by atomic mass is 10.2. The SMILES string of the molecule is NNC(=O)CCCCOc1ccc(Cl)c(Cl)c1. The van der Waals surface area contributed by atoms with Crippen molar-refractivity contribution >= 4 is 29.1 Å². The molecule has 0 saturated heterocycles. The van der Waals surface area contributed by atoms with Crippen LogP contribution in [-0.4, -0.2) is 12.5 Å². The fourth-order valence-electron chi connectivity index (χ4n) is 1.22. The zero-order chi connectivity index (χ0) is 12.7. The van der Waals surface area contributed by atoms with Crippen molar-refractivity contribution in [1.82, 2.24) is 5.43 Å². The molecule has 0 unspecified atom stereocenters. The van der Waals surface area contributed by atoms with Gasteiger partial charge >= 0.3 is 0 Å². The van der Waals surface area contributed by atoms with Gasteiger partial charge < -0.3 is 4.74 Å². The van der Waals surface area contributed by atoms with Crippen molar-refractivity contribution in [3.8, 4) is 5.75 Å². The molecule has 17 heavy (non-hydrogen) atoms. The van der Waals surface area contributed by atoms with Crippen LogP contribution in [0.4, 0.5) is 0 Å². The van der Waals surface area contributed by atoms with Crippen molar-refractivity contribution in [2.45, 2.75) is 19.3 Å². The number of hydrogen-bond donors (Lipinski definition) is 2. The van der Waals surface area contributed by atoms with Crippen LogP contribution in [0.25, 0.3) is 0 Å². The quantitative estimate of drug-likeness (QED) is 0.363. The van der Waals surface area contributed by atoms with Gasteiger partial charge in [-0.25, -0.2) is 5.84 Å². The number of benzene rings is 1. The van der Waals surface area contributed by atoms with Crippen LogP contribution in [0, 0.1) is 0 Å². The molecule has 6 heteroatoms. The highest BCUT2D eigenvalue weighted by molar-refractivity contribution is 6.42. The van der Waals surface area contributed by atoms with Gasteiger partial charge in [0.2, 0.25) is 5.91 Å². The van der Waals surface area contributed by atoms with Gasteiger partial charge in [0.15, 0.2) is 0 Å². The van der Waals surface area contributed by atoms with Gasteiger partial charge in [0.25, 0.3) is 0 Å². The van der Waals surface area contributed by atoms with Gasteiger partial charge in [-0.3, -0.25) is 10.2 Å². The highest BCUT2D eigenvalue weighted by atomic mass is 35.5. The minimum atomic E-state index is -0.167. The third kappa shape index (κ3) is 5.26. The maximum Gasteiger partial charge on any atom is 0.233 e. The molecule has 4 nitrogen and oxygen atoms in total. The molecule has 0 aliphatic carbocycles. The minimum Gasteiger partial charge on any atom is -0.494 e. The highest BCUT2D eigenvalue weighted by Crippen LogP contribution is 2.26. The number of hydrogen-bond acceptors (Lipinski definition) is 3. The van der Waals surface area contributed by atoms with Crippen LogP contribution in [0.1, 0.15) is 19.3 Å². The van der Waals surface area contributed by atoms with Crippen molar-refractivity contribution in [3.05, 3.63) is 28.2 Å². The third-order valence-corrected chi connectivity index (χ3v) is 2.86. The average Bonchev–Trinajstić information content (AvgIpc) is 2.33. The zero-order valence-electron chi connectivity index (χ0n) is 9.21. The second-order valence-electron chi connectivity index (χ2n) is 3.45.